The van der Waals surface area contributed by atoms with Crippen molar-refractivity contribution in [3.05, 3.63) is 136 Å². The van der Waals surface area contributed by atoms with Gasteiger partial charge < -0.3 is 14.2 Å². The lowest BCUT2D eigenvalue weighted by Gasteiger charge is -2.25. The van der Waals surface area contributed by atoms with Gasteiger partial charge in [0.2, 0.25) is 0 Å². The second-order valence-electron chi connectivity index (χ2n) is 11.3. The van der Waals surface area contributed by atoms with E-state index in [0.29, 0.717) is 27.1 Å². The van der Waals surface area contributed by atoms with Crippen LogP contribution in [0.25, 0.3) is 17.0 Å². The van der Waals surface area contributed by atoms with E-state index in [9.17, 15) is 19.7 Å². The maximum atomic E-state index is 14.3. The number of para-hydroxylation sites is 1. The first-order valence-corrected chi connectivity index (χ1v) is 15.7. The smallest absolute Gasteiger partial charge is 0.338 e. The van der Waals surface area contributed by atoms with Crippen LogP contribution in [0.5, 0.6) is 0 Å². The molecule has 6 rings (SSSR count). The second kappa shape index (κ2) is 12.2. The zero-order chi connectivity index (χ0) is 32.7. The van der Waals surface area contributed by atoms with Crippen LogP contribution in [0.1, 0.15) is 42.3 Å². The number of anilines is 1. The molecule has 0 aliphatic carbocycles. The molecule has 0 spiro atoms. The molecule has 234 valence electrons. The highest BCUT2D eigenvalue weighted by Gasteiger charge is 2.33. The summed E-state index contributed by atoms with van der Waals surface area (Å²) in [5.41, 5.74) is 6.19. The molecular weight excluding hydrogens is 602 g/mol. The monoisotopic (exact) mass is 635 g/mol. The molecule has 1 aliphatic rings. The summed E-state index contributed by atoms with van der Waals surface area (Å²) in [6.07, 6.45) is 1.91. The Balaban J connectivity index is 1.50. The molecule has 0 unspecified atom stereocenters. The molecule has 3 aromatic carbocycles. The zero-order valence-corrected chi connectivity index (χ0v) is 27.0. The molecular formula is C35H33N5O5S. The summed E-state index contributed by atoms with van der Waals surface area (Å²) >= 11 is 1.29. The van der Waals surface area contributed by atoms with Crippen molar-refractivity contribution in [2.24, 2.45) is 4.99 Å². The van der Waals surface area contributed by atoms with Crippen LogP contribution in [-0.2, 0) is 16.1 Å². The zero-order valence-electron chi connectivity index (χ0n) is 26.2. The first kappa shape index (κ1) is 30.7. The van der Waals surface area contributed by atoms with Gasteiger partial charge in [0.1, 0.15) is 0 Å². The van der Waals surface area contributed by atoms with Gasteiger partial charge in [-0.1, -0.05) is 53.8 Å². The van der Waals surface area contributed by atoms with Crippen LogP contribution < -0.4 is 19.8 Å². The quantitative estimate of drug-likeness (QED) is 0.134. The average Bonchev–Trinajstić information content (AvgIpc) is 3.49. The Labute approximate surface area is 269 Å². The average molecular weight is 636 g/mol. The van der Waals surface area contributed by atoms with Crippen LogP contribution in [0.2, 0.25) is 0 Å². The van der Waals surface area contributed by atoms with E-state index in [2.05, 4.69) is 4.57 Å². The summed E-state index contributed by atoms with van der Waals surface area (Å²) in [5, 5.41) is 12.1. The molecule has 2 aromatic heterocycles. The summed E-state index contributed by atoms with van der Waals surface area (Å²) in [6.45, 7) is 6.25. The maximum absolute atomic E-state index is 14.3. The van der Waals surface area contributed by atoms with Gasteiger partial charge in [-0.2, -0.15) is 0 Å². The number of nitro groups is 1. The van der Waals surface area contributed by atoms with Gasteiger partial charge in [0.05, 0.1) is 33.4 Å². The summed E-state index contributed by atoms with van der Waals surface area (Å²) in [5.74, 6) is -0.495. The summed E-state index contributed by atoms with van der Waals surface area (Å²) in [4.78, 5) is 45.5. The third-order valence-corrected chi connectivity index (χ3v) is 9.27. The molecule has 1 atom stereocenters. The first-order chi connectivity index (χ1) is 22.1. The number of benzene rings is 3. The lowest BCUT2D eigenvalue weighted by Crippen LogP contribution is -2.40. The van der Waals surface area contributed by atoms with Crippen molar-refractivity contribution in [1.29, 1.82) is 0 Å². The Kier molecular flexibility index (Phi) is 8.18. The Morgan fingerprint density at radius 2 is 1.76 bits per heavy atom. The molecule has 11 heteroatoms. The largest absolute Gasteiger partial charge is 0.463 e. The molecule has 46 heavy (non-hydrogen) atoms. The highest BCUT2D eigenvalue weighted by molar-refractivity contribution is 7.07. The lowest BCUT2D eigenvalue weighted by molar-refractivity contribution is -0.384. The molecule has 0 saturated carbocycles. The number of nitrogens with zero attached hydrogens (tertiary/aromatic N) is 5. The van der Waals surface area contributed by atoms with Crippen LogP contribution in [0.4, 0.5) is 11.4 Å². The van der Waals surface area contributed by atoms with E-state index >= 15 is 0 Å². The Morgan fingerprint density at radius 3 is 2.41 bits per heavy atom. The molecule has 5 aromatic rings. The molecule has 1 aliphatic heterocycles. The number of aromatic nitrogens is 2. The third kappa shape index (κ3) is 5.43. The highest BCUT2D eigenvalue weighted by atomic mass is 32.1. The van der Waals surface area contributed by atoms with Crippen molar-refractivity contribution >= 4 is 45.7 Å². The SMILES string of the molecule is CCOC(=O)C1=C(C)N=c2s/c(=C\c3c(C)n(Cc4ccc([N+](=O)[O-])cc4)c4ccccc34)c(=O)n2[C@H]1c1ccc(N(C)C)cc1. The van der Waals surface area contributed by atoms with Crippen molar-refractivity contribution in [1.82, 2.24) is 9.13 Å². The number of hydrogen-bond acceptors (Lipinski definition) is 8. The fourth-order valence-electron chi connectivity index (χ4n) is 5.94. The minimum absolute atomic E-state index is 0.0437. The molecule has 3 heterocycles. The molecule has 10 nitrogen and oxygen atoms in total. The Hall–Kier alpha value is -5.29. The minimum atomic E-state index is -0.696. The van der Waals surface area contributed by atoms with E-state index in [1.54, 1.807) is 30.5 Å². The molecule has 0 saturated heterocycles. The molecule has 0 radical (unpaired) electrons. The number of nitro benzene ring substituents is 1. The predicted molar refractivity (Wildman–Crippen MR) is 180 cm³/mol. The van der Waals surface area contributed by atoms with Gasteiger partial charge in [-0.25, -0.2) is 9.79 Å². The maximum Gasteiger partial charge on any atom is 0.338 e. The third-order valence-electron chi connectivity index (χ3n) is 8.29. The van der Waals surface area contributed by atoms with Crippen molar-refractivity contribution < 1.29 is 14.5 Å². The van der Waals surface area contributed by atoms with Gasteiger partial charge in [-0.15, -0.1) is 0 Å². The molecule has 0 fully saturated rings. The summed E-state index contributed by atoms with van der Waals surface area (Å²) in [7, 11) is 3.91. The number of ether oxygens (including phenoxy) is 1. The summed E-state index contributed by atoms with van der Waals surface area (Å²) in [6, 6.07) is 21.6. The van der Waals surface area contributed by atoms with E-state index in [1.807, 2.05) is 80.5 Å². The van der Waals surface area contributed by atoms with Crippen LogP contribution in [0.15, 0.2) is 93.9 Å². The van der Waals surface area contributed by atoms with E-state index in [4.69, 9.17) is 9.73 Å². The Bertz CT molecular complexity index is 2210. The normalized spacial score (nSPS) is 14.7. The standard InChI is InChI=1S/C35H33N5O5S/c1-6-45-34(42)31-21(2)36-35-39(32(31)24-13-17-25(18-14-24)37(4)5)33(41)30(46-35)19-28-22(3)38(29-10-8-7-9-27(28)29)20-23-11-15-26(16-12-23)40(43)44/h7-19,32H,6,20H2,1-5H3/b30-19-/t32-/m0/s1. The van der Waals surface area contributed by atoms with E-state index < -0.39 is 16.9 Å². The number of thiazole rings is 1. The molecule has 0 N–H and O–H groups in total. The van der Waals surface area contributed by atoms with Crippen molar-refractivity contribution in [3.63, 3.8) is 0 Å². The summed E-state index contributed by atoms with van der Waals surface area (Å²) < 4.78 is 9.68. The fourth-order valence-corrected chi connectivity index (χ4v) is 6.97. The Morgan fingerprint density at radius 1 is 1.07 bits per heavy atom. The van der Waals surface area contributed by atoms with Crippen molar-refractivity contribution in [3.8, 4) is 0 Å². The first-order valence-electron chi connectivity index (χ1n) is 14.9. The van der Waals surface area contributed by atoms with Crippen LogP contribution in [0.3, 0.4) is 0 Å². The van der Waals surface area contributed by atoms with Gasteiger partial charge in [0.25, 0.3) is 11.2 Å². The molecule has 0 amide bonds. The van der Waals surface area contributed by atoms with Crippen molar-refractivity contribution in [2.75, 3.05) is 25.6 Å². The second-order valence-corrected chi connectivity index (χ2v) is 12.3. The number of rotatable bonds is 8. The van der Waals surface area contributed by atoms with Crippen molar-refractivity contribution in [2.45, 2.75) is 33.4 Å². The van der Waals surface area contributed by atoms with Gasteiger partial charge in [0, 0.05) is 60.6 Å². The van der Waals surface area contributed by atoms with E-state index in [1.165, 1.54) is 23.5 Å². The van der Waals surface area contributed by atoms with Crippen LogP contribution in [0, 0.1) is 17.0 Å². The van der Waals surface area contributed by atoms with Crippen LogP contribution in [-0.4, -0.2) is 40.7 Å². The highest BCUT2D eigenvalue weighted by Crippen LogP contribution is 2.32. The van der Waals surface area contributed by atoms with Gasteiger partial charge in [-0.3, -0.25) is 19.5 Å². The number of hydrogen-bond donors (Lipinski definition) is 0. The van der Waals surface area contributed by atoms with E-state index in [-0.39, 0.29) is 17.9 Å². The topological polar surface area (TPSA) is 112 Å². The lowest BCUT2D eigenvalue weighted by atomic mass is 9.95. The minimum Gasteiger partial charge on any atom is -0.463 e. The predicted octanol–water partition coefficient (Wildman–Crippen LogP) is 5.08. The van der Waals surface area contributed by atoms with E-state index in [0.717, 1.165) is 39.0 Å². The number of allylic oxidation sites excluding steroid dienone is 1. The number of carbonyl (C=O) groups excluding carboxylic acids is 1. The van der Waals surface area contributed by atoms with Crippen LogP contribution >= 0.6 is 11.3 Å². The van der Waals surface area contributed by atoms with Gasteiger partial charge in [0.15, 0.2) is 4.80 Å². The molecule has 0 bridgehead atoms. The fraction of sp³-hybridized carbons (Fsp3) is 0.229. The number of carbonyl (C=O) groups is 1. The number of fused-ring (bicyclic) bond motifs is 2. The number of non-ortho nitro benzene ring substituents is 1. The van der Waals surface area contributed by atoms with Gasteiger partial charge in [-0.05, 0) is 56.2 Å². The van der Waals surface area contributed by atoms with Gasteiger partial charge >= 0.3 is 5.97 Å². The number of esters is 1.